The number of ether oxygens (including phenoxy) is 2. The summed E-state index contributed by atoms with van der Waals surface area (Å²) >= 11 is 0. The summed E-state index contributed by atoms with van der Waals surface area (Å²) in [5.41, 5.74) is 1.75. The summed E-state index contributed by atoms with van der Waals surface area (Å²) in [6, 6.07) is 7.50. The predicted octanol–water partition coefficient (Wildman–Crippen LogP) is 5.98. The van der Waals surface area contributed by atoms with Gasteiger partial charge in [0.25, 0.3) is 0 Å². The van der Waals surface area contributed by atoms with E-state index in [-0.39, 0.29) is 30.4 Å². The Balaban J connectivity index is 2.33. The number of benzene rings is 1. The lowest BCUT2D eigenvalue weighted by Gasteiger charge is -2.32. The third-order valence-corrected chi connectivity index (χ3v) is 6.11. The van der Waals surface area contributed by atoms with E-state index < -0.39 is 30.2 Å². The van der Waals surface area contributed by atoms with Crippen LogP contribution in [0.2, 0.25) is 0 Å². The van der Waals surface area contributed by atoms with Gasteiger partial charge in [-0.15, -0.1) is 0 Å². The van der Waals surface area contributed by atoms with E-state index in [1.807, 2.05) is 38.1 Å². The maximum absolute atomic E-state index is 14.6. The Kier molecular flexibility index (Phi) is 9.22. The average molecular weight is 453 g/mol. The summed E-state index contributed by atoms with van der Waals surface area (Å²) in [6.45, 7) is 5.34. The minimum absolute atomic E-state index is 0.00734. The summed E-state index contributed by atoms with van der Waals surface area (Å²) in [5.74, 6) is -5.97. The summed E-state index contributed by atoms with van der Waals surface area (Å²) in [7, 11) is 1.58. The van der Waals surface area contributed by atoms with Crippen molar-refractivity contribution in [3.63, 3.8) is 0 Å². The van der Waals surface area contributed by atoms with E-state index in [2.05, 4.69) is 4.74 Å². The number of aliphatic carboxylic acids is 1. The van der Waals surface area contributed by atoms with Crippen LogP contribution in [0.3, 0.4) is 0 Å². The first-order valence-corrected chi connectivity index (χ1v) is 11.2. The van der Waals surface area contributed by atoms with Gasteiger partial charge in [-0.25, -0.2) is 9.59 Å². The SMILES string of the molecule is CCOC(=O)C(F)(F)CC(CCC(C)C)C1=C(C(=O)O)CC(c2ccc(OC)cc2)CC1. The molecule has 0 bridgehead atoms. The topological polar surface area (TPSA) is 72.8 Å². The van der Waals surface area contributed by atoms with Crippen molar-refractivity contribution in [2.75, 3.05) is 13.7 Å². The Hall–Kier alpha value is -2.44. The van der Waals surface area contributed by atoms with E-state index in [1.165, 1.54) is 6.92 Å². The van der Waals surface area contributed by atoms with Crippen molar-refractivity contribution < 1.29 is 33.0 Å². The van der Waals surface area contributed by atoms with Gasteiger partial charge in [0.05, 0.1) is 13.7 Å². The number of allylic oxidation sites excluding steroid dienone is 1. The minimum atomic E-state index is -3.65. The number of carboxylic acid groups (broad SMARTS) is 1. The molecule has 5 nitrogen and oxygen atoms in total. The maximum Gasteiger partial charge on any atom is 0.376 e. The number of alkyl halides is 2. The predicted molar refractivity (Wildman–Crippen MR) is 118 cm³/mol. The van der Waals surface area contributed by atoms with Gasteiger partial charge in [-0.2, -0.15) is 8.78 Å². The van der Waals surface area contributed by atoms with Gasteiger partial charge in [0.15, 0.2) is 0 Å². The second kappa shape index (κ2) is 11.4. The first-order chi connectivity index (χ1) is 15.1. The molecule has 0 radical (unpaired) electrons. The molecule has 0 aliphatic heterocycles. The van der Waals surface area contributed by atoms with E-state index in [9.17, 15) is 23.5 Å². The molecule has 0 fully saturated rings. The molecule has 1 aliphatic rings. The van der Waals surface area contributed by atoms with Crippen LogP contribution in [-0.2, 0) is 14.3 Å². The minimum Gasteiger partial charge on any atom is -0.497 e. The van der Waals surface area contributed by atoms with Crippen molar-refractivity contribution in [2.24, 2.45) is 11.8 Å². The fourth-order valence-corrected chi connectivity index (χ4v) is 4.36. The van der Waals surface area contributed by atoms with Crippen LogP contribution in [0.4, 0.5) is 8.78 Å². The average Bonchev–Trinajstić information content (AvgIpc) is 2.76. The summed E-state index contributed by atoms with van der Waals surface area (Å²) in [6.07, 6.45) is 1.72. The third-order valence-electron chi connectivity index (χ3n) is 6.11. The van der Waals surface area contributed by atoms with Gasteiger partial charge in [-0.05, 0) is 68.1 Å². The number of methoxy groups -OCH3 is 1. The lowest BCUT2D eigenvalue weighted by Crippen LogP contribution is -2.34. The lowest BCUT2D eigenvalue weighted by molar-refractivity contribution is -0.173. The molecule has 1 aliphatic carbocycles. The Labute approximate surface area is 188 Å². The van der Waals surface area contributed by atoms with E-state index in [0.29, 0.717) is 37.0 Å². The maximum atomic E-state index is 14.6. The second-order valence-corrected chi connectivity index (χ2v) is 8.82. The number of halogens is 2. The van der Waals surface area contributed by atoms with Crippen molar-refractivity contribution in [2.45, 2.75) is 71.1 Å². The van der Waals surface area contributed by atoms with Gasteiger partial charge in [0.1, 0.15) is 5.75 Å². The Morgan fingerprint density at radius 2 is 1.84 bits per heavy atom. The highest BCUT2D eigenvalue weighted by molar-refractivity contribution is 5.88. The highest BCUT2D eigenvalue weighted by Gasteiger charge is 2.44. The number of carbonyl (C=O) groups excluding carboxylic acids is 1. The molecule has 0 saturated carbocycles. The van der Waals surface area contributed by atoms with Crippen molar-refractivity contribution in [3.8, 4) is 5.75 Å². The van der Waals surface area contributed by atoms with Crippen molar-refractivity contribution in [3.05, 3.63) is 41.0 Å². The number of hydrogen-bond donors (Lipinski definition) is 1. The molecule has 1 N–H and O–H groups in total. The molecule has 2 unspecified atom stereocenters. The van der Waals surface area contributed by atoms with Crippen LogP contribution >= 0.6 is 0 Å². The van der Waals surface area contributed by atoms with Crippen LogP contribution in [0.25, 0.3) is 0 Å². The first-order valence-electron chi connectivity index (χ1n) is 11.2. The largest absolute Gasteiger partial charge is 0.497 e. The smallest absolute Gasteiger partial charge is 0.376 e. The first kappa shape index (κ1) is 25.8. The molecular formula is C25H34F2O5. The second-order valence-electron chi connectivity index (χ2n) is 8.82. The molecule has 2 atom stereocenters. The van der Waals surface area contributed by atoms with E-state index in [1.54, 1.807) is 7.11 Å². The van der Waals surface area contributed by atoms with Gasteiger partial charge in [0.2, 0.25) is 0 Å². The molecule has 2 rings (SSSR count). The van der Waals surface area contributed by atoms with E-state index in [4.69, 9.17) is 4.74 Å². The fourth-order valence-electron chi connectivity index (χ4n) is 4.36. The molecule has 0 spiro atoms. The summed E-state index contributed by atoms with van der Waals surface area (Å²) in [5, 5.41) is 9.92. The van der Waals surface area contributed by atoms with Crippen LogP contribution in [0.1, 0.15) is 70.8 Å². The van der Waals surface area contributed by atoms with Crippen LogP contribution in [0.15, 0.2) is 35.4 Å². The molecule has 1 aromatic carbocycles. The molecular weight excluding hydrogens is 418 g/mol. The Morgan fingerprint density at radius 1 is 1.19 bits per heavy atom. The van der Waals surface area contributed by atoms with Crippen LogP contribution in [-0.4, -0.2) is 36.7 Å². The van der Waals surface area contributed by atoms with Crippen molar-refractivity contribution >= 4 is 11.9 Å². The van der Waals surface area contributed by atoms with Crippen LogP contribution in [0, 0.1) is 11.8 Å². The molecule has 1 aromatic rings. The monoisotopic (exact) mass is 452 g/mol. The summed E-state index contributed by atoms with van der Waals surface area (Å²) < 4.78 is 39.0. The van der Waals surface area contributed by atoms with E-state index >= 15 is 0 Å². The fraction of sp³-hybridized carbons (Fsp3) is 0.600. The number of rotatable bonds is 11. The zero-order valence-electron chi connectivity index (χ0n) is 19.3. The lowest BCUT2D eigenvalue weighted by atomic mass is 9.73. The number of hydrogen-bond acceptors (Lipinski definition) is 4. The molecule has 0 saturated heterocycles. The third kappa shape index (κ3) is 6.78. The van der Waals surface area contributed by atoms with Gasteiger partial charge in [-0.3, -0.25) is 0 Å². The van der Waals surface area contributed by atoms with Crippen LogP contribution in [0.5, 0.6) is 5.75 Å². The molecule has 0 aromatic heterocycles. The Bertz CT molecular complexity index is 814. The van der Waals surface area contributed by atoms with Crippen molar-refractivity contribution in [1.29, 1.82) is 0 Å². The standard InChI is InChI=1S/C25H34F2O5/c1-5-32-24(30)25(26,27)15-19(7-6-16(2)3)21-13-10-18(14-22(21)23(28)29)17-8-11-20(31-4)12-9-17/h8-9,11-12,16,18-19H,5-7,10,13-15H2,1-4H3,(H,28,29). The van der Waals surface area contributed by atoms with Crippen molar-refractivity contribution in [1.82, 2.24) is 0 Å². The molecule has 32 heavy (non-hydrogen) atoms. The van der Waals surface area contributed by atoms with Gasteiger partial charge < -0.3 is 14.6 Å². The van der Waals surface area contributed by atoms with Crippen LogP contribution < -0.4 is 4.74 Å². The molecule has 0 heterocycles. The highest BCUT2D eigenvalue weighted by Crippen LogP contribution is 2.43. The van der Waals surface area contributed by atoms with Gasteiger partial charge >= 0.3 is 17.9 Å². The molecule has 7 heteroatoms. The molecule has 0 amide bonds. The summed E-state index contributed by atoms with van der Waals surface area (Å²) in [4.78, 5) is 23.9. The van der Waals surface area contributed by atoms with E-state index in [0.717, 1.165) is 5.56 Å². The Morgan fingerprint density at radius 3 is 2.38 bits per heavy atom. The zero-order valence-corrected chi connectivity index (χ0v) is 19.3. The normalized spacial score (nSPS) is 17.9. The van der Waals surface area contributed by atoms with Gasteiger partial charge in [-0.1, -0.05) is 38.0 Å². The number of carbonyl (C=O) groups is 2. The quantitative estimate of drug-likeness (QED) is 0.418. The zero-order chi connectivity index (χ0) is 23.9. The number of carboxylic acids is 1. The molecule has 178 valence electrons. The number of esters is 1. The highest BCUT2D eigenvalue weighted by atomic mass is 19.3. The van der Waals surface area contributed by atoms with Gasteiger partial charge in [0, 0.05) is 12.0 Å².